The number of nitrogens with zero attached hydrogens (tertiary/aromatic N) is 1. The molecule has 0 unspecified atom stereocenters. The molecule has 1 aliphatic rings. The second kappa shape index (κ2) is 31.4. The number of unbranched alkanes of at least 4 members (excludes halogenated alkanes) is 1. The number of anilines is 1. The average molecular weight is 1170 g/mol. The molecule has 3 heterocycles. The number of phenolic OH excluding ortho intramolecular Hbond substituents is 1. The number of para-hydroxylation sites is 1. The molecule has 3 aromatic carbocycles. The van der Waals surface area contributed by atoms with Gasteiger partial charge in [-0.05, 0) is 86.7 Å². The number of H-pyrrole nitrogens is 1. The maximum absolute atomic E-state index is 15.0. The van der Waals surface area contributed by atoms with E-state index in [-0.39, 0.29) is 60.9 Å². The molecule has 2 aromatic heterocycles. The first-order valence-corrected chi connectivity index (χ1v) is 29.0. The van der Waals surface area contributed by atoms with E-state index in [1.54, 1.807) is 42.6 Å². The molecular weight excluding hydrogens is 1100 g/mol. The number of carbonyl (C=O) groups excluding carboxylic acids is 8. The second-order valence-electron chi connectivity index (χ2n) is 19.7. The molecule has 0 saturated carbocycles. The molecule has 0 spiro atoms. The average Bonchev–Trinajstić information content (AvgIpc) is 4.10. The summed E-state index contributed by atoms with van der Waals surface area (Å²) in [5.41, 5.74) is 10.7. The summed E-state index contributed by atoms with van der Waals surface area (Å²) in [6.45, 7) is 2.09. The molecule has 82 heavy (non-hydrogen) atoms. The molecule has 27 heteroatoms. The van der Waals surface area contributed by atoms with Crippen molar-refractivity contribution in [3.63, 3.8) is 0 Å². The Labute approximate surface area is 480 Å². The predicted octanol–water partition coefficient (Wildman–Crippen LogP) is -0.948. The van der Waals surface area contributed by atoms with Crippen LogP contribution in [0.1, 0.15) is 60.2 Å². The molecule has 440 valence electrons. The highest BCUT2D eigenvalue weighted by atomic mass is 33.1. The van der Waals surface area contributed by atoms with Gasteiger partial charge in [-0.25, -0.2) is 10.8 Å². The zero-order valence-electron chi connectivity index (χ0n) is 45.1. The van der Waals surface area contributed by atoms with Crippen LogP contribution in [0.25, 0.3) is 10.9 Å². The van der Waals surface area contributed by atoms with Crippen LogP contribution >= 0.6 is 21.6 Å². The quantitative estimate of drug-likeness (QED) is 0.0193. The zero-order chi connectivity index (χ0) is 59.3. The Hall–Kier alpha value is -7.79. The second-order valence-corrected chi connectivity index (χ2v) is 22.2. The first kappa shape index (κ1) is 63.4. The summed E-state index contributed by atoms with van der Waals surface area (Å²) in [5.74, 6) is -1.90. The third-order valence-corrected chi connectivity index (χ3v) is 15.8. The number of fused-ring (bicyclic) bond motifs is 1. The first-order chi connectivity index (χ1) is 39.4. The standard InChI is InChI=1S/C55H71N13O12S2/c1-30(70)43(27-69)64-54(79)45-29-82-81-28-44(65-51(76)40(22-32-10-4-3-5-11-32)61-48(73)34-17-20-46(68-57)59-25-34)53(78)62-41(23-33-15-18-36(72)19-16-33)50(75)63-42(24-35-26-58-38-13-7-6-12-37(35)38)52(77)60-39(14-8-9-21-56)49(74)67-47(31(2)71)55(80)66-45/h3-7,10-13,15-20,25-26,30-31,39-45,47,58,69-72H,8-9,14,21-24,27-29,56-57H2,1-2H3,(H,59,68)(H,60,77)(H,61,73)(H,62,78)(H,63,75)(H,64,79)(H,65,76)(H,66,80)(H,67,74)/t30-,31-,39+,40-,41+,42-,43-,44+,45+,47+/m1/s1. The third kappa shape index (κ3) is 18.6. The number of aliphatic hydroxyl groups excluding tert-OH is 3. The maximum atomic E-state index is 15.0. The number of rotatable bonds is 20. The lowest BCUT2D eigenvalue weighted by atomic mass is 10.0. The van der Waals surface area contributed by atoms with Gasteiger partial charge in [0, 0.05) is 54.1 Å². The summed E-state index contributed by atoms with van der Waals surface area (Å²) < 4.78 is 0. The number of aliphatic hydroxyl groups is 3. The van der Waals surface area contributed by atoms with Crippen LogP contribution in [0.4, 0.5) is 5.82 Å². The van der Waals surface area contributed by atoms with Gasteiger partial charge in [0.25, 0.3) is 5.91 Å². The maximum Gasteiger partial charge on any atom is 0.253 e. The number of aromatic hydroxyl groups is 1. The van der Waals surface area contributed by atoms with Crippen molar-refractivity contribution in [1.29, 1.82) is 0 Å². The van der Waals surface area contributed by atoms with Crippen molar-refractivity contribution in [1.82, 2.24) is 52.5 Å². The van der Waals surface area contributed by atoms with Crippen molar-refractivity contribution in [3.05, 3.63) is 126 Å². The smallest absolute Gasteiger partial charge is 0.253 e. The number of nitrogens with two attached hydrogens (primary N) is 2. The van der Waals surface area contributed by atoms with E-state index < -0.39 is 114 Å². The van der Waals surface area contributed by atoms with Crippen LogP contribution in [0, 0.1) is 0 Å². The van der Waals surface area contributed by atoms with Gasteiger partial charge < -0.3 is 79.1 Å². The minimum absolute atomic E-state index is 0.0171. The van der Waals surface area contributed by atoms with Gasteiger partial charge in [-0.2, -0.15) is 0 Å². The molecule has 0 aliphatic carbocycles. The fourth-order valence-corrected chi connectivity index (χ4v) is 11.0. The number of nitrogens with one attached hydrogen (secondary N) is 10. The van der Waals surface area contributed by atoms with Crippen molar-refractivity contribution in [2.75, 3.05) is 30.1 Å². The molecule has 5 aromatic rings. The number of aromatic amines is 1. The SMILES string of the molecule is C[C@@H](O)[C@@H]1NC(=O)[C@H](CCCCN)NC(=O)[C@@H](Cc2c[nH]c3ccccc23)NC(=O)[C@H](Cc2ccc(O)cc2)NC(=O)[C@@H](NC(=O)[C@@H](Cc2ccccc2)NC(=O)c2ccc(NN)nc2)CSSC[C@@H](C(=O)N[C@H](CO)[C@@H](C)O)NC1=O. The van der Waals surface area contributed by atoms with Crippen LogP contribution in [0.2, 0.25) is 0 Å². The van der Waals surface area contributed by atoms with Crippen LogP contribution in [0.5, 0.6) is 5.75 Å². The Morgan fingerprint density at radius 2 is 1.39 bits per heavy atom. The summed E-state index contributed by atoms with van der Waals surface area (Å²) in [6, 6.07) is 13.1. The van der Waals surface area contributed by atoms with Crippen molar-refractivity contribution < 1.29 is 58.8 Å². The van der Waals surface area contributed by atoms with Gasteiger partial charge in [0.15, 0.2) is 0 Å². The van der Waals surface area contributed by atoms with Crippen molar-refractivity contribution >= 4 is 85.6 Å². The predicted molar refractivity (Wildman–Crippen MR) is 309 cm³/mol. The molecule has 8 amide bonds. The van der Waals surface area contributed by atoms with E-state index >= 15 is 0 Å². The Bertz CT molecular complexity index is 2960. The van der Waals surface area contributed by atoms with Gasteiger partial charge in [-0.3, -0.25) is 38.4 Å². The fourth-order valence-electron chi connectivity index (χ4n) is 8.69. The number of amides is 8. The molecular formula is C55H71N13O12S2. The summed E-state index contributed by atoms with van der Waals surface area (Å²) >= 11 is 0. The van der Waals surface area contributed by atoms with E-state index in [1.165, 1.54) is 56.4 Å². The van der Waals surface area contributed by atoms with E-state index in [0.717, 1.165) is 27.1 Å². The number of nitrogen functional groups attached to an aromatic ring is 1. The van der Waals surface area contributed by atoms with Gasteiger partial charge in [0.2, 0.25) is 41.4 Å². The number of phenols is 1. The highest BCUT2D eigenvalue weighted by Crippen LogP contribution is 2.25. The normalized spacial score (nSPS) is 21.2. The summed E-state index contributed by atoms with van der Waals surface area (Å²) in [4.78, 5) is 123. The van der Waals surface area contributed by atoms with E-state index in [4.69, 9.17) is 11.6 Å². The monoisotopic (exact) mass is 1170 g/mol. The molecule has 1 aliphatic heterocycles. The van der Waals surface area contributed by atoms with Crippen LogP contribution < -0.4 is 59.5 Å². The Kier molecular flexibility index (Phi) is 24.3. The lowest BCUT2D eigenvalue weighted by Crippen LogP contribution is -2.62. The van der Waals surface area contributed by atoms with Crippen LogP contribution in [-0.2, 0) is 52.8 Å². The van der Waals surface area contributed by atoms with E-state index in [1.807, 2.05) is 18.2 Å². The van der Waals surface area contributed by atoms with Crippen molar-refractivity contribution in [2.24, 2.45) is 11.6 Å². The van der Waals surface area contributed by atoms with Crippen molar-refractivity contribution in [2.45, 2.75) is 113 Å². The summed E-state index contributed by atoms with van der Waals surface area (Å²) in [5, 5.41) is 63.6. The Balaban J connectivity index is 1.43. The lowest BCUT2D eigenvalue weighted by molar-refractivity contribution is -0.136. The van der Waals surface area contributed by atoms with Gasteiger partial charge in [0.05, 0.1) is 30.4 Å². The minimum atomic E-state index is -1.72. The molecule has 10 atom stereocenters. The van der Waals surface area contributed by atoms with Gasteiger partial charge in [-0.15, -0.1) is 0 Å². The number of aromatic nitrogens is 2. The zero-order valence-corrected chi connectivity index (χ0v) is 46.8. The molecule has 6 rings (SSSR count). The third-order valence-electron chi connectivity index (χ3n) is 13.4. The van der Waals surface area contributed by atoms with Crippen LogP contribution in [-0.4, -0.2) is 163 Å². The highest BCUT2D eigenvalue weighted by molar-refractivity contribution is 8.76. The number of benzene rings is 3. The fraction of sp³-hybridized carbons (Fsp3) is 0.400. The first-order valence-electron chi connectivity index (χ1n) is 26.5. The summed E-state index contributed by atoms with van der Waals surface area (Å²) in [6.07, 6.45) is 0.361. The van der Waals surface area contributed by atoms with Gasteiger partial charge >= 0.3 is 0 Å². The highest BCUT2D eigenvalue weighted by Gasteiger charge is 2.37. The molecule has 0 bridgehead atoms. The molecule has 1 saturated heterocycles. The van der Waals surface area contributed by atoms with E-state index in [0.29, 0.717) is 34.9 Å². The lowest BCUT2D eigenvalue weighted by Gasteiger charge is -2.29. The number of hydrogen-bond donors (Lipinski definition) is 16. The van der Waals surface area contributed by atoms with Crippen LogP contribution in [0.15, 0.2) is 103 Å². The Morgan fingerprint density at radius 3 is 2.05 bits per heavy atom. The van der Waals surface area contributed by atoms with E-state index in [9.17, 15) is 58.8 Å². The largest absolute Gasteiger partial charge is 0.508 e. The van der Waals surface area contributed by atoms with E-state index in [2.05, 4.69) is 57.9 Å². The number of hydrogen-bond acceptors (Lipinski definition) is 18. The van der Waals surface area contributed by atoms with Crippen molar-refractivity contribution in [3.8, 4) is 5.75 Å². The van der Waals surface area contributed by atoms with Gasteiger partial charge in [0.1, 0.15) is 53.9 Å². The minimum Gasteiger partial charge on any atom is -0.508 e. The molecule has 0 radical (unpaired) electrons. The molecule has 18 N–H and O–H groups in total. The number of pyridine rings is 1. The molecule has 25 nitrogen and oxygen atoms in total. The topological polar surface area (TPSA) is 406 Å². The number of hydrazine groups is 1. The number of carbonyl (C=O) groups is 8. The summed E-state index contributed by atoms with van der Waals surface area (Å²) in [7, 11) is 1.91. The Morgan fingerprint density at radius 1 is 0.732 bits per heavy atom. The van der Waals surface area contributed by atoms with Crippen LogP contribution in [0.3, 0.4) is 0 Å². The molecule has 1 fully saturated rings. The van der Waals surface area contributed by atoms with Gasteiger partial charge in [-0.1, -0.05) is 82.3 Å².